The largest absolute Gasteiger partial charge is 0.483 e. The Kier molecular flexibility index (Phi) is 5.59. The van der Waals surface area contributed by atoms with Crippen LogP contribution in [-0.4, -0.2) is 23.5 Å². The van der Waals surface area contributed by atoms with Gasteiger partial charge in [-0.1, -0.05) is 12.1 Å². The summed E-state index contributed by atoms with van der Waals surface area (Å²) in [5.41, 5.74) is 1.71. The summed E-state index contributed by atoms with van der Waals surface area (Å²) in [7, 11) is 0. The van der Waals surface area contributed by atoms with E-state index < -0.39 is 0 Å². The van der Waals surface area contributed by atoms with Crippen LogP contribution in [0.2, 0.25) is 0 Å². The van der Waals surface area contributed by atoms with Crippen molar-refractivity contribution in [2.45, 2.75) is 25.8 Å². The number of halogens is 1. The Morgan fingerprint density at radius 3 is 2.86 bits per heavy atom. The van der Waals surface area contributed by atoms with Crippen LogP contribution in [0.15, 0.2) is 29.6 Å². The minimum absolute atomic E-state index is 0.0110. The SMILES string of the molecule is CC(C)NC(=O)COc1ccccc1-c1nc(CCl)cs1. The molecule has 1 amide bonds. The Balaban J connectivity index is 2.12. The van der Waals surface area contributed by atoms with E-state index in [1.54, 1.807) is 0 Å². The van der Waals surface area contributed by atoms with Gasteiger partial charge in [0.05, 0.1) is 17.1 Å². The summed E-state index contributed by atoms with van der Waals surface area (Å²) in [5.74, 6) is 0.892. The van der Waals surface area contributed by atoms with Gasteiger partial charge < -0.3 is 10.1 Å². The maximum atomic E-state index is 11.7. The summed E-state index contributed by atoms with van der Waals surface area (Å²) in [6.07, 6.45) is 0. The minimum Gasteiger partial charge on any atom is -0.483 e. The third kappa shape index (κ3) is 4.44. The zero-order valence-corrected chi connectivity index (χ0v) is 13.5. The Morgan fingerprint density at radius 1 is 1.43 bits per heavy atom. The fraction of sp³-hybridized carbons (Fsp3) is 0.333. The molecule has 112 valence electrons. The lowest BCUT2D eigenvalue weighted by Gasteiger charge is -2.11. The molecular weight excluding hydrogens is 308 g/mol. The number of carbonyl (C=O) groups excluding carboxylic acids is 1. The minimum atomic E-state index is -0.139. The number of alkyl halides is 1. The Hall–Kier alpha value is -1.59. The second-order valence-electron chi connectivity index (χ2n) is 4.78. The highest BCUT2D eigenvalue weighted by molar-refractivity contribution is 7.13. The lowest BCUT2D eigenvalue weighted by Crippen LogP contribution is -2.34. The molecule has 0 saturated heterocycles. The van der Waals surface area contributed by atoms with Crippen LogP contribution in [-0.2, 0) is 10.7 Å². The van der Waals surface area contributed by atoms with Crippen molar-refractivity contribution < 1.29 is 9.53 Å². The van der Waals surface area contributed by atoms with Gasteiger partial charge in [-0.05, 0) is 26.0 Å². The number of aromatic nitrogens is 1. The van der Waals surface area contributed by atoms with E-state index in [9.17, 15) is 4.79 Å². The molecule has 1 aromatic carbocycles. The van der Waals surface area contributed by atoms with Crippen LogP contribution in [0.4, 0.5) is 0 Å². The van der Waals surface area contributed by atoms with E-state index in [4.69, 9.17) is 16.3 Å². The predicted octanol–water partition coefficient (Wildman–Crippen LogP) is 3.45. The molecule has 0 radical (unpaired) electrons. The van der Waals surface area contributed by atoms with Gasteiger partial charge in [-0.2, -0.15) is 0 Å². The van der Waals surface area contributed by atoms with Crippen molar-refractivity contribution >= 4 is 28.8 Å². The number of thiazole rings is 1. The quantitative estimate of drug-likeness (QED) is 0.828. The number of nitrogens with zero attached hydrogens (tertiary/aromatic N) is 1. The number of hydrogen-bond donors (Lipinski definition) is 1. The Bertz CT molecular complexity index is 613. The molecule has 0 aliphatic heterocycles. The van der Waals surface area contributed by atoms with Gasteiger partial charge in [0.2, 0.25) is 0 Å². The van der Waals surface area contributed by atoms with Gasteiger partial charge in [-0.3, -0.25) is 4.79 Å². The maximum absolute atomic E-state index is 11.7. The van der Waals surface area contributed by atoms with Crippen molar-refractivity contribution in [2.75, 3.05) is 6.61 Å². The lowest BCUT2D eigenvalue weighted by molar-refractivity contribution is -0.123. The first-order valence-corrected chi connectivity index (χ1v) is 8.03. The van der Waals surface area contributed by atoms with E-state index in [-0.39, 0.29) is 18.6 Å². The number of ether oxygens (including phenoxy) is 1. The van der Waals surface area contributed by atoms with E-state index in [0.29, 0.717) is 11.6 Å². The van der Waals surface area contributed by atoms with E-state index in [1.165, 1.54) is 11.3 Å². The standard InChI is InChI=1S/C15H17ClN2O2S/c1-10(2)17-14(19)8-20-13-6-4-3-5-12(13)15-18-11(7-16)9-21-15/h3-6,9-10H,7-8H2,1-2H3,(H,17,19). The summed E-state index contributed by atoms with van der Waals surface area (Å²) in [6.45, 7) is 3.81. The first-order valence-electron chi connectivity index (χ1n) is 6.62. The fourth-order valence-corrected chi connectivity index (χ4v) is 2.85. The second kappa shape index (κ2) is 7.43. The topological polar surface area (TPSA) is 51.2 Å². The van der Waals surface area contributed by atoms with Crippen molar-refractivity contribution in [3.63, 3.8) is 0 Å². The molecule has 4 nitrogen and oxygen atoms in total. The number of hydrogen-bond acceptors (Lipinski definition) is 4. The highest BCUT2D eigenvalue weighted by Crippen LogP contribution is 2.32. The average molecular weight is 325 g/mol. The van der Waals surface area contributed by atoms with Gasteiger partial charge in [-0.25, -0.2) is 4.98 Å². The number of nitrogens with one attached hydrogen (secondary N) is 1. The summed E-state index contributed by atoms with van der Waals surface area (Å²) in [5, 5.41) is 5.55. The molecule has 2 aromatic rings. The monoisotopic (exact) mass is 324 g/mol. The van der Waals surface area contributed by atoms with E-state index >= 15 is 0 Å². The fourth-order valence-electron chi connectivity index (χ4n) is 1.77. The van der Waals surface area contributed by atoms with Gasteiger partial charge in [0.25, 0.3) is 5.91 Å². The molecule has 0 unspecified atom stereocenters. The van der Waals surface area contributed by atoms with E-state index in [0.717, 1.165) is 16.3 Å². The summed E-state index contributed by atoms with van der Waals surface area (Å²) < 4.78 is 5.62. The van der Waals surface area contributed by atoms with Crippen LogP contribution in [0.1, 0.15) is 19.5 Å². The van der Waals surface area contributed by atoms with Gasteiger partial charge in [-0.15, -0.1) is 22.9 Å². The van der Waals surface area contributed by atoms with Crippen molar-refractivity contribution in [2.24, 2.45) is 0 Å². The van der Waals surface area contributed by atoms with Crippen LogP contribution in [0.25, 0.3) is 10.6 Å². The molecular formula is C15H17ClN2O2S. The molecule has 0 spiro atoms. The Morgan fingerprint density at radius 2 is 2.19 bits per heavy atom. The van der Waals surface area contributed by atoms with Crippen LogP contribution >= 0.6 is 22.9 Å². The van der Waals surface area contributed by atoms with E-state index in [1.807, 2.05) is 43.5 Å². The number of carbonyl (C=O) groups is 1. The number of benzene rings is 1. The second-order valence-corrected chi connectivity index (χ2v) is 5.91. The van der Waals surface area contributed by atoms with Crippen LogP contribution in [0.3, 0.4) is 0 Å². The normalized spacial score (nSPS) is 10.7. The molecule has 1 N–H and O–H groups in total. The third-order valence-electron chi connectivity index (χ3n) is 2.61. The molecule has 21 heavy (non-hydrogen) atoms. The molecule has 0 fully saturated rings. The predicted molar refractivity (Wildman–Crippen MR) is 85.9 cm³/mol. The highest BCUT2D eigenvalue weighted by atomic mass is 35.5. The van der Waals surface area contributed by atoms with Gasteiger partial charge >= 0.3 is 0 Å². The summed E-state index contributed by atoms with van der Waals surface area (Å²) >= 11 is 7.29. The van der Waals surface area contributed by atoms with Crippen LogP contribution in [0.5, 0.6) is 5.75 Å². The first kappa shape index (κ1) is 15.8. The molecule has 0 aliphatic carbocycles. The van der Waals surface area contributed by atoms with Crippen LogP contribution in [0, 0.1) is 0 Å². The molecule has 0 atom stereocenters. The van der Waals surface area contributed by atoms with E-state index in [2.05, 4.69) is 10.3 Å². The summed E-state index contributed by atoms with van der Waals surface area (Å²) in [6, 6.07) is 7.64. The number of para-hydroxylation sites is 1. The van der Waals surface area contributed by atoms with Crippen molar-refractivity contribution in [1.82, 2.24) is 10.3 Å². The first-order chi connectivity index (χ1) is 10.1. The molecule has 0 saturated carbocycles. The molecule has 2 rings (SSSR count). The molecule has 0 bridgehead atoms. The molecule has 6 heteroatoms. The lowest BCUT2D eigenvalue weighted by atomic mass is 10.2. The highest BCUT2D eigenvalue weighted by Gasteiger charge is 2.12. The zero-order chi connectivity index (χ0) is 15.2. The molecule has 0 aliphatic rings. The van der Waals surface area contributed by atoms with Crippen molar-refractivity contribution in [1.29, 1.82) is 0 Å². The molecule has 1 aromatic heterocycles. The summed E-state index contributed by atoms with van der Waals surface area (Å²) in [4.78, 5) is 16.1. The molecule has 1 heterocycles. The third-order valence-corrected chi connectivity index (χ3v) is 3.81. The zero-order valence-electron chi connectivity index (χ0n) is 11.9. The maximum Gasteiger partial charge on any atom is 0.258 e. The van der Waals surface area contributed by atoms with Crippen LogP contribution < -0.4 is 10.1 Å². The van der Waals surface area contributed by atoms with Gasteiger partial charge in [0.1, 0.15) is 10.8 Å². The van der Waals surface area contributed by atoms with Gasteiger partial charge in [0.15, 0.2) is 6.61 Å². The van der Waals surface area contributed by atoms with Crippen molar-refractivity contribution in [3.05, 3.63) is 35.3 Å². The Labute approximate surface area is 133 Å². The van der Waals surface area contributed by atoms with Gasteiger partial charge in [0, 0.05) is 11.4 Å². The number of amides is 1. The van der Waals surface area contributed by atoms with Crippen molar-refractivity contribution in [3.8, 4) is 16.3 Å². The average Bonchev–Trinajstić information content (AvgIpc) is 2.93. The number of rotatable bonds is 6. The smallest absolute Gasteiger partial charge is 0.258 e.